The Bertz CT molecular complexity index is 641. The number of aromatic amines is 1. The number of rotatable bonds is 4. The van der Waals surface area contributed by atoms with E-state index in [0.717, 1.165) is 5.56 Å². The Hall–Kier alpha value is -2.36. The number of carbonyl (C=O) groups is 2. The highest BCUT2D eigenvalue weighted by Gasteiger charge is 2.24. The molecule has 0 saturated carbocycles. The molecule has 20 heavy (non-hydrogen) atoms. The SMILES string of the molecule is CCOC(=O)c1[nH]c(C)c(C(C)=O)c1-c1ccccc1. The Labute approximate surface area is 117 Å². The fourth-order valence-electron chi connectivity index (χ4n) is 2.31. The lowest BCUT2D eigenvalue weighted by Gasteiger charge is -2.06. The molecule has 104 valence electrons. The van der Waals surface area contributed by atoms with Crippen LogP contribution in [0.3, 0.4) is 0 Å². The van der Waals surface area contributed by atoms with Crippen molar-refractivity contribution >= 4 is 11.8 Å². The van der Waals surface area contributed by atoms with Crippen molar-refractivity contribution in [3.05, 3.63) is 47.3 Å². The summed E-state index contributed by atoms with van der Waals surface area (Å²) >= 11 is 0. The molecule has 0 atom stereocenters. The monoisotopic (exact) mass is 271 g/mol. The van der Waals surface area contributed by atoms with E-state index in [1.54, 1.807) is 13.8 Å². The van der Waals surface area contributed by atoms with Gasteiger partial charge >= 0.3 is 5.97 Å². The van der Waals surface area contributed by atoms with Gasteiger partial charge in [0.1, 0.15) is 5.69 Å². The van der Waals surface area contributed by atoms with Crippen LogP contribution in [-0.4, -0.2) is 23.3 Å². The van der Waals surface area contributed by atoms with Gasteiger partial charge in [-0.05, 0) is 26.3 Å². The van der Waals surface area contributed by atoms with Crippen molar-refractivity contribution < 1.29 is 14.3 Å². The van der Waals surface area contributed by atoms with E-state index < -0.39 is 5.97 Å². The largest absolute Gasteiger partial charge is 0.461 e. The number of esters is 1. The number of H-pyrrole nitrogens is 1. The third-order valence-electron chi connectivity index (χ3n) is 3.08. The molecule has 0 amide bonds. The molecule has 0 aliphatic rings. The quantitative estimate of drug-likeness (QED) is 0.685. The maximum absolute atomic E-state index is 12.1. The van der Waals surface area contributed by atoms with E-state index in [9.17, 15) is 9.59 Å². The number of aryl methyl sites for hydroxylation is 1. The van der Waals surface area contributed by atoms with Crippen LogP contribution >= 0.6 is 0 Å². The van der Waals surface area contributed by atoms with Gasteiger partial charge in [0.05, 0.1) is 6.61 Å². The van der Waals surface area contributed by atoms with Gasteiger partial charge < -0.3 is 9.72 Å². The molecule has 1 heterocycles. The van der Waals surface area contributed by atoms with Gasteiger partial charge in [-0.15, -0.1) is 0 Å². The molecule has 1 aromatic carbocycles. The van der Waals surface area contributed by atoms with E-state index in [0.29, 0.717) is 29.1 Å². The predicted octanol–water partition coefficient (Wildman–Crippen LogP) is 3.37. The molecule has 0 saturated heterocycles. The summed E-state index contributed by atoms with van der Waals surface area (Å²) in [4.78, 5) is 26.9. The number of ketones is 1. The summed E-state index contributed by atoms with van der Waals surface area (Å²) in [5.41, 5.74) is 3.00. The van der Waals surface area contributed by atoms with Gasteiger partial charge in [0.2, 0.25) is 0 Å². The Morgan fingerprint density at radius 3 is 2.40 bits per heavy atom. The van der Waals surface area contributed by atoms with Crippen molar-refractivity contribution in [3.8, 4) is 11.1 Å². The van der Waals surface area contributed by atoms with Gasteiger partial charge in [-0.2, -0.15) is 0 Å². The van der Waals surface area contributed by atoms with Crippen molar-refractivity contribution in [2.75, 3.05) is 6.61 Å². The first-order valence-corrected chi connectivity index (χ1v) is 6.52. The summed E-state index contributed by atoms with van der Waals surface area (Å²) in [5.74, 6) is -0.518. The molecule has 0 aliphatic heterocycles. The minimum atomic E-state index is -0.443. The van der Waals surface area contributed by atoms with Crippen LogP contribution in [-0.2, 0) is 4.74 Å². The maximum Gasteiger partial charge on any atom is 0.355 e. The van der Waals surface area contributed by atoms with E-state index in [1.807, 2.05) is 30.3 Å². The van der Waals surface area contributed by atoms with Crippen LogP contribution in [0.5, 0.6) is 0 Å². The fraction of sp³-hybridized carbons (Fsp3) is 0.250. The van der Waals surface area contributed by atoms with Gasteiger partial charge in [0.15, 0.2) is 5.78 Å². The van der Waals surface area contributed by atoms with Gasteiger partial charge in [-0.25, -0.2) is 4.79 Å². The Kier molecular flexibility index (Phi) is 4.03. The van der Waals surface area contributed by atoms with Crippen molar-refractivity contribution in [3.63, 3.8) is 0 Å². The average molecular weight is 271 g/mol. The van der Waals surface area contributed by atoms with Gasteiger partial charge in [-0.1, -0.05) is 30.3 Å². The summed E-state index contributed by atoms with van der Waals surface area (Å²) in [7, 11) is 0. The molecule has 2 rings (SSSR count). The summed E-state index contributed by atoms with van der Waals surface area (Å²) < 4.78 is 5.06. The van der Waals surface area contributed by atoms with Crippen LogP contribution in [0.2, 0.25) is 0 Å². The first-order chi connectivity index (χ1) is 9.56. The minimum absolute atomic E-state index is 0.0758. The molecular weight excluding hydrogens is 254 g/mol. The zero-order valence-corrected chi connectivity index (χ0v) is 11.8. The molecule has 4 heteroatoms. The van der Waals surface area contributed by atoms with Crippen LogP contribution in [0, 0.1) is 6.92 Å². The molecule has 2 aromatic rings. The van der Waals surface area contributed by atoms with E-state index in [1.165, 1.54) is 6.92 Å². The number of benzene rings is 1. The van der Waals surface area contributed by atoms with Crippen molar-refractivity contribution in [2.24, 2.45) is 0 Å². The second kappa shape index (κ2) is 5.74. The highest BCUT2D eigenvalue weighted by Crippen LogP contribution is 2.31. The lowest BCUT2D eigenvalue weighted by Crippen LogP contribution is -2.07. The maximum atomic E-state index is 12.1. The number of hydrogen-bond donors (Lipinski definition) is 1. The fourth-order valence-corrected chi connectivity index (χ4v) is 2.31. The molecule has 0 radical (unpaired) electrons. The van der Waals surface area contributed by atoms with Crippen LogP contribution in [0.4, 0.5) is 0 Å². The highest BCUT2D eigenvalue weighted by molar-refractivity contribution is 6.08. The lowest BCUT2D eigenvalue weighted by atomic mass is 9.98. The molecule has 0 fully saturated rings. The van der Waals surface area contributed by atoms with Crippen LogP contribution in [0.25, 0.3) is 11.1 Å². The number of ether oxygens (including phenoxy) is 1. The lowest BCUT2D eigenvalue weighted by molar-refractivity contribution is 0.0521. The van der Waals surface area contributed by atoms with Crippen molar-refractivity contribution in [2.45, 2.75) is 20.8 Å². The van der Waals surface area contributed by atoms with E-state index in [-0.39, 0.29) is 5.78 Å². The predicted molar refractivity (Wildman–Crippen MR) is 76.9 cm³/mol. The summed E-state index contributed by atoms with van der Waals surface area (Å²) in [6.45, 7) is 5.33. The number of nitrogens with one attached hydrogen (secondary N) is 1. The summed E-state index contributed by atoms with van der Waals surface area (Å²) in [6, 6.07) is 9.38. The number of carbonyl (C=O) groups excluding carboxylic acids is 2. The van der Waals surface area contributed by atoms with Gasteiger partial charge in [0, 0.05) is 16.8 Å². The molecular formula is C16H17NO3. The Morgan fingerprint density at radius 2 is 1.85 bits per heavy atom. The third-order valence-corrected chi connectivity index (χ3v) is 3.08. The van der Waals surface area contributed by atoms with Crippen LogP contribution < -0.4 is 0 Å². The molecule has 1 aromatic heterocycles. The zero-order valence-electron chi connectivity index (χ0n) is 11.8. The number of hydrogen-bond acceptors (Lipinski definition) is 3. The van der Waals surface area contributed by atoms with Crippen molar-refractivity contribution in [1.82, 2.24) is 4.98 Å². The number of Topliss-reactive ketones (excluding diaryl/α,β-unsaturated/α-hetero) is 1. The Morgan fingerprint density at radius 1 is 1.20 bits per heavy atom. The standard InChI is InChI=1S/C16H17NO3/c1-4-20-16(19)15-14(12-8-6-5-7-9-12)13(11(3)18)10(2)17-15/h5-9,17H,4H2,1-3H3. The van der Waals surface area contributed by atoms with Gasteiger partial charge in [-0.3, -0.25) is 4.79 Å². The topological polar surface area (TPSA) is 59.2 Å². The zero-order chi connectivity index (χ0) is 14.7. The van der Waals surface area contributed by atoms with E-state index >= 15 is 0 Å². The first kappa shape index (κ1) is 14.1. The molecule has 0 unspecified atom stereocenters. The summed E-state index contributed by atoms with van der Waals surface area (Å²) in [5, 5.41) is 0. The molecule has 0 bridgehead atoms. The second-order valence-electron chi connectivity index (χ2n) is 4.52. The smallest absolute Gasteiger partial charge is 0.355 e. The van der Waals surface area contributed by atoms with Crippen LogP contribution in [0.15, 0.2) is 30.3 Å². The van der Waals surface area contributed by atoms with Gasteiger partial charge in [0.25, 0.3) is 0 Å². The first-order valence-electron chi connectivity index (χ1n) is 6.52. The molecule has 0 spiro atoms. The summed E-state index contributed by atoms with van der Waals surface area (Å²) in [6.07, 6.45) is 0. The van der Waals surface area contributed by atoms with Crippen LogP contribution in [0.1, 0.15) is 40.4 Å². The molecule has 0 aliphatic carbocycles. The number of aromatic nitrogens is 1. The minimum Gasteiger partial charge on any atom is -0.461 e. The highest BCUT2D eigenvalue weighted by atomic mass is 16.5. The molecule has 4 nitrogen and oxygen atoms in total. The van der Waals surface area contributed by atoms with E-state index in [2.05, 4.69) is 4.98 Å². The van der Waals surface area contributed by atoms with E-state index in [4.69, 9.17) is 4.74 Å². The Balaban J connectivity index is 2.68. The molecule has 1 N–H and O–H groups in total. The second-order valence-corrected chi connectivity index (χ2v) is 4.52. The average Bonchev–Trinajstić information content (AvgIpc) is 2.78. The normalized spacial score (nSPS) is 10.3. The van der Waals surface area contributed by atoms with Crippen molar-refractivity contribution in [1.29, 1.82) is 0 Å². The third kappa shape index (κ3) is 2.50.